The number of fused-ring (bicyclic) bond motifs is 7. The van der Waals surface area contributed by atoms with Crippen molar-refractivity contribution >= 4 is 53.9 Å². The summed E-state index contributed by atoms with van der Waals surface area (Å²) in [6, 6.07) is 62.4. The lowest BCUT2D eigenvalue weighted by Gasteiger charge is -2.18. The van der Waals surface area contributed by atoms with Crippen molar-refractivity contribution in [1.82, 2.24) is 0 Å². The molecule has 9 aromatic rings. The molecule has 0 aliphatic carbocycles. The molecule has 204 valence electrons. The first-order valence-electron chi connectivity index (χ1n) is 15.3. The van der Waals surface area contributed by atoms with Gasteiger partial charge in [0.25, 0.3) is 0 Å². The lowest BCUT2D eigenvalue weighted by Crippen LogP contribution is -1.91. The molecule has 0 heteroatoms. The maximum atomic E-state index is 2.43. The summed E-state index contributed by atoms with van der Waals surface area (Å²) in [5, 5.41) is 12.7. The Kier molecular flexibility index (Phi) is 5.61. The molecule has 0 fully saturated rings. The minimum atomic E-state index is 1.23. The van der Waals surface area contributed by atoms with Crippen LogP contribution >= 0.6 is 0 Å². The summed E-state index contributed by atoms with van der Waals surface area (Å²) in [5.41, 5.74) is 7.52. The van der Waals surface area contributed by atoms with E-state index in [9.17, 15) is 0 Å². The van der Waals surface area contributed by atoms with Gasteiger partial charge in [-0.15, -0.1) is 0 Å². The zero-order chi connectivity index (χ0) is 29.0. The summed E-state index contributed by atoms with van der Waals surface area (Å²) in [6.45, 7) is 0. The Morgan fingerprint density at radius 2 is 0.750 bits per heavy atom. The van der Waals surface area contributed by atoms with Crippen molar-refractivity contribution in [3.63, 3.8) is 0 Å². The molecule has 0 spiro atoms. The van der Waals surface area contributed by atoms with E-state index in [-0.39, 0.29) is 0 Å². The van der Waals surface area contributed by atoms with Crippen LogP contribution in [0.2, 0.25) is 0 Å². The van der Waals surface area contributed by atoms with Crippen LogP contribution in [0.25, 0.3) is 87.2 Å². The maximum absolute atomic E-state index is 2.43. The third-order valence-corrected chi connectivity index (χ3v) is 9.22. The standard InChI is InChI=1S/C44H28/c1-2-12-31(13-3-1)36-22-23-40-41(44(36)35-21-19-30-11-5-7-15-33(30)27-35)25-24-39-37-16-8-9-17-38(37)42(28-43(39)40)34-20-18-29-10-4-6-14-32(29)26-34/h1-28H. The van der Waals surface area contributed by atoms with Crippen LogP contribution in [0, 0.1) is 0 Å². The summed E-state index contributed by atoms with van der Waals surface area (Å²) in [7, 11) is 0. The van der Waals surface area contributed by atoms with Crippen LogP contribution < -0.4 is 0 Å². The zero-order valence-electron chi connectivity index (χ0n) is 24.2. The van der Waals surface area contributed by atoms with E-state index in [1.165, 1.54) is 87.2 Å². The highest BCUT2D eigenvalue weighted by Gasteiger charge is 2.17. The summed E-state index contributed by atoms with van der Waals surface area (Å²) in [5.74, 6) is 0. The fraction of sp³-hybridized carbons (Fsp3) is 0. The fourth-order valence-electron chi connectivity index (χ4n) is 7.10. The molecule has 0 N–H and O–H groups in total. The monoisotopic (exact) mass is 556 g/mol. The first-order chi connectivity index (χ1) is 21.8. The molecule has 44 heavy (non-hydrogen) atoms. The Hall–Kier alpha value is -5.72. The van der Waals surface area contributed by atoms with Gasteiger partial charge in [0.05, 0.1) is 0 Å². The lowest BCUT2D eigenvalue weighted by molar-refractivity contribution is 1.62. The van der Waals surface area contributed by atoms with Gasteiger partial charge in [0.1, 0.15) is 0 Å². The average molecular weight is 557 g/mol. The van der Waals surface area contributed by atoms with Crippen LogP contribution in [0.3, 0.4) is 0 Å². The number of hydrogen-bond acceptors (Lipinski definition) is 0. The topological polar surface area (TPSA) is 0 Å². The number of benzene rings is 9. The Morgan fingerprint density at radius 3 is 1.50 bits per heavy atom. The molecule has 0 radical (unpaired) electrons. The zero-order valence-corrected chi connectivity index (χ0v) is 24.2. The summed E-state index contributed by atoms with van der Waals surface area (Å²) in [4.78, 5) is 0. The van der Waals surface area contributed by atoms with Crippen LogP contribution in [0.15, 0.2) is 170 Å². The van der Waals surface area contributed by atoms with E-state index < -0.39 is 0 Å². The minimum Gasteiger partial charge on any atom is -0.0622 e. The second-order valence-corrected chi connectivity index (χ2v) is 11.7. The quantitative estimate of drug-likeness (QED) is 0.190. The van der Waals surface area contributed by atoms with E-state index in [0.717, 1.165) is 0 Å². The minimum absolute atomic E-state index is 1.23. The van der Waals surface area contributed by atoms with Crippen LogP contribution in [0.4, 0.5) is 0 Å². The number of rotatable bonds is 3. The first-order valence-corrected chi connectivity index (χ1v) is 15.3. The Labute approximate surface area is 256 Å². The highest BCUT2D eigenvalue weighted by molar-refractivity contribution is 6.23. The molecule has 0 atom stereocenters. The van der Waals surface area contributed by atoms with Gasteiger partial charge in [-0.1, -0.05) is 152 Å². The summed E-state index contributed by atoms with van der Waals surface area (Å²) >= 11 is 0. The second-order valence-electron chi connectivity index (χ2n) is 11.7. The Balaban J connectivity index is 1.38. The second kappa shape index (κ2) is 9.93. The highest BCUT2D eigenvalue weighted by Crippen LogP contribution is 2.44. The Bertz CT molecular complexity index is 2540. The lowest BCUT2D eigenvalue weighted by atomic mass is 9.85. The van der Waals surface area contributed by atoms with E-state index in [4.69, 9.17) is 0 Å². The van der Waals surface area contributed by atoms with Crippen molar-refractivity contribution in [3.05, 3.63) is 170 Å². The van der Waals surface area contributed by atoms with E-state index >= 15 is 0 Å². The first kappa shape index (κ1) is 24.8. The van der Waals surface area contributed by atoms with Crippen molar-refractivity contribution < 1.29 is 0 Å². The van der Waals surface area contributed by atoms with E-state index in [2.05, 4.69) is 170 Å². The van der Waals surface area contributed by atoms with Gasteiger partial charge in [-0.3, -0.25) is 0 Å². The molecule has 0 saturated carbocycles. The molecule has 0 amide bonds. The van der Waals surface area contributed by atoms with Gasteiger partial charge < -0.3 is 0 Å². The maximum Gasteiger partial charge on any atom is -0.00264 e. The predicted molar refractivity (Wildman–Crippen MR) is 190 cm³/mol. The molecule has 0 aliphatic rings. The third kappa shape index (κ3) is 3.92. The largest absolute Gasteiger partial charge is 0.0622 e. The van der Waals surface area contributed by atoms with Gasteiger partial charge in [-0.2, -0.15) is 0 Å². The smallest absolute Gasteiger partial charge is 0.00264 e. The molecule has 0 unspecified atom stereocenters. The molecule has 0 aromatic heterocycles. The van der Waals surface area contributed by atoms with Crippen LogP contribution in [-0.4, -0.2) is 0 Å². The normalized spacial score (nSPS) is 11.6. The van der Waals surface area contributed by atoms with Gasteiger partial charge in [-0.25, -0.2) is 0 Å². The summed E-state index contributed by atoms with van der Waals surface area (Å²) < 4.78 is 0. The van der Waals surface area contributed by atoms with Crippen molar-refractivity contribution in [2.24, 2.45) is 0 Å². The third-order valence-electron chi connectivity index (χ3n) is 9.22. The molecule has 0 saturated heterocycles. The fourth-order valence-corrected chi connectivity index (χ4v) is 7.10. The van der Waals surface area contributed by atoms with E-state index in [1.807, 2.05) is 0 Å². The van der Waals surface area contributed by atoms with Gasteiger partial charge in [-0.05, 0) is 105 Å². The molecule has 0 nitrogen and oxygen atoms in total. The molecule has 9 rings (SSSR count). The van der Waals surface area contributed by atoms with Crippen molar-refractivity contribution in [2.45, 2.75) is 0 Å². The van der Waals surface area contributed by atoms with Gasteiger partial charge >= 0.3 is 0 Å². The summed E-state index contributed by atoms with van der Waals surface area (Å²) in [6.07, 6.45) is 0. The SMILES string of the molecule is c1ccc(-c2ccc3c(ccc4c5ccccc5c(-c5ccc6ccccc6c5)cc34)c2-c2ccc3ccccc3c2)cc1. The molecular formula is C44H28. The highest BCUT2D eigenvalue weighted by atomic mass is 14.2. The molecule has 0 bridgehead atoms. The van der Waals surface area contributed by atoms with Crippen LogP contribution in [-0.2, 0) is 0 Å². The number of hydrogen-bond donors (Lipinski definition) is 0. The molecular weight excluding hydrogens is 528 g/mol. The molecule has 0 aliphatic heterocycles. The van der Waals surface area contributed by atoms with Crippen molar-refractivity contribution in [1.29, 1.82) is 0 Å². The van der Waals surface area contributed by atoms with Crippen molar-refractivity contribution in [2.75, 3.05) is 0 Å². The molecule has 9 aromatic carbocycles. The Morgan fingerprint density at radius 1 is 0.227 bits per heavy atom. The van der Waals surface area contributed by atoms with E-state index in [1.54, 1.807) is 0 Å². The van der Waals surface area contributed by atoms with Gasteiger partial charge in [0.15, 0.2) is 0 Å². The van der Waals surface area contributed by atoms with Crippen molar-refractivity contribution in [3.8, 4) is 33.4 Å². The molecule has 0 heterocycles. The predicted octanol–water partition coefficient (Wildman–Crippen LogP) is 12.5. The van der Waals surface area contributed by atoms with Gasteiger partial charge in [0.2, 0.25) is 0 Å². The van der Waals surface area contributed by atoms with E-state index in [0.29, 0.717) is 0 Å². The van der Waals surface area contributed by atoms with Crippen LogP contribution in [0.1, 0.15) is 0 Å². The average Bonchev–Trinajstić information content (AvgIpc) is 3.10. The van der Waals surface area contributed by atoms with Gasteiger partial charge in [0, 0.05) is 0 Å². The van der Waals surface area contributed by atoms with Crippen LogP contribution in [0.5, 0.6) is 0 Å².